The number of furan rings is 1. The summed E-state index contributed by atoms with van der Waals surface area (Å²) < 4.78 is 14.7. The molecule has 122 valence electrons. The number of carbonyl (C=O) groups is 3. The van der Waals surface area contributed by atoms with E-state index in [1.54, 1.807) is 26.0 Å². The predicted octanol–water partition coefficient (Wildman–Crippen LogP) is 1.07. The summed E-state index contributed by atoms with van der Waals surface area (Å²) in [6.07, 6.45) is 1.47. The molecule has 9 heteroatoms. The van der Waals surface area contributed by atoms with E-state index in [4.69, 9.17) is 13.7 Å². The number of urea groups is 1. The third kappa shape index (κ3) is 4.43. The maximum atomic E-state index is 11.8. The van der Waals surface area contributed by atoms with E-state index in [-0.39, 0.29) is 12.1 Å². The lowest BCUT2D eigenvalue weighted by Gasteiger charge is -2.06. The van der Waals surface area contributed by atoms with Crippen LogP contribution in [0.3, 0.4) is 0 Å². The molecule has 0 saturated carbocycles. The van der Waals surface area contributed by atoms with Crippen molar-refractivity contribution < 1.29 is 28.1 Å². The van der Waals surface area contributed by atoms with Gasteiger partial charge >= 0.3 is 12.0 Å². The van der Waals surface area contributed by atoms with Gasteiger partial charge in [-0.25, -0.2) is 9.59 Å². The topological polar surface area (TPSA) is 124 Å². The molecule has 2 rings (SSSR count). The predicted molar refractivity (Wildman–Crippen MR) is 75.3 cm³/mol. The average Bonchev–Trinajstić information content (AvgIpc) is 3.13. The van der Waals surface area contributed by atoms with Crippen LogP contribution >= 0.6 is 0 Å². The molecule has 2 heterocycles. The lowest BCUT2D eigenvalue weighted by atomic mass is 10.2. The van der Waals surface area contributed by atoms with Gasteiger partial charge in [-0.3, -0.25) is 10.1 Å². The minimum Gasteiger partial charge on any atom is -0.467 e. The summed E-state index contributed by atoms with van der Waals surface area (Å²) in [5.41, 5.74) is 0.532. The molecular weight excluding hydrogens is 306 g/mol. The maximum absolute atomic E-state index is 11.8. The van der Waals surface area contributed by atoms with Crippen molar-refractivity contribution in [3.8, 4) is 0 Å². The fourth-order valence-electron chi connectivity index (χ4n) is 1.77. The van der Waals surface area contributed by atoms with Crippen molar-refractivity contribution >= 4 is 17.9 Å². The van der Waals surface area contributed by atoms with Gasteiger partial charge in [0, 0.05) is 0 Å². The summed E-state index contributed by atoms with van der Waals surface area (Å²) in [6, 6.07) is 2.63. The van der Waals surface area contributed by atoms with Crippen molar-refractivity contribution in [3.63, 3.8) is 0 Å². The number of rotatable bonds is 5. The number of ether oxygens (including phenoxy) is 1. The Labute approximate surface area is 131 Å². The van der Waals surface area contributed by atoms with E-state index in [0.29, 0.717) is 17.2 Å². The molecule has 0 bridgehead atoms. The highest BCUT2D eigenvalue weighted by molar-refractivity contribution is 5.97. The Morgan fingerprint density at radius 3 is 2.70 bits per heavy atom. The van der Waals surface area contributed by atoms with Gasteiger partial charge in [-0.15, -0.1) is 0 Å². The number of amides is 3. The van der Waals surface area contributed by atoms with Gasteiger partial charge in [0.15, 0.2) is 6.61 Å². The van der Waals surface area contributed by atoms with Gasteiger partial charge in [-0.2, -0.15) is 0 Å². The molecule has 23 heavy (non-hydrogen) atoms. The Morgan fingerprint density at radius 1 is 1.30 bits per heavy atom. The molecule has 0 aromatic carbocycles. The first-order chi connectivity index (χ1) is 11.0. The Hall–Kier alpha value is -3.10. The number of hydrogen-bond donors (Lipinski definition) is 2. The fraction of sp³-hybridized carbons (Fsp3) is 0.286. The normalized spacial score (nSPS) is 10.2. The standard InChI is InChI=1S/C14H15N3O6/c1-8-12(9(2)23-17-8)13(19)22-7-11(18)16-14(20)15-6-10-4-3-5-21-10/h3-5H,6-7H2,1-2H3,(H2,15,16,18,20). The van der Waals surface area contributed by atoms with Crippen LogP contribution in [0.5, 0.6) is 0 Å². The number of esters is 1. The van der Waals surface area contributed by atoms with Gasteiger partial charge in [0.1, 0.15) is 17.1 Å². The van der Waals surface area contributed by atoms with E-state index in [1.807, 2.05) is 5.32 Å². The molecule has 9 nitrogen and oxygen atoms in total. The van der Waals surface area contributed by atoms with Gasteiger partial charge in [-0.05, 0) is 26.0 Å². The van der Waals surface area contributed by atoms with Crippen molar-refractivity contribution in [3.05, 3.63) is 41.2 Å². The molecule has 0 saturated heterocycles. The van der Waals surface area contributed by atoms with Crippen molar-refractivity contribution in [2.24, 2.45) is 0 Å². The lowest BCUT2D eigenvalue weighted by Crippen LogP contribution is -2.41. The van der Waals surface area contributed by atoms with Gasteiger partial charge in [0.05, 0.1) is 18.5 Å². The second-order valence-corrected chi connectivity index (χ2v) is 4.59. The van der Waals surface area contributed by atoms with E-state index in [0.717, 1.165) is 0 Å². The smallest absolute Gasteiger partial charge is 0.344 e. The van der Waals surface area contributed by atoms with Gasteiger partial charge in [0.25, 0.3) is 5.91 Å². The number of aromatic nitrogens is 1. The third-order valence-corrected chi connectivity index (χ3v) is 2.83. The van der Waals surface area contributed by atoms with Crippen molar-refractivity contribution in [2.45, 2.75) is 20.4 Å². The number of aryl methyl sites for hydroxylation is 2. The Bertz CT molecular complexity index is 685. The second kappa shape index (κ2) is 7.25. The molecule has 0 fully saturated rings. The molecule has 0 aliphatic rings. The Kier molecular flexibility index (Phi) is 5.13. The number of nitrogens with zero attached hydrogens (tertiary/aromatic N) is 1. The molecule has 0 radical (unpaired) electrons. The minimum atomic E-state index is -0.762. The molecule has 2 N–H and O–H groups in total. The van der Waals surface area contributed by atoms with E-state index in [9.17, 15) is 14.4 Å². The molecule has 0 unspecified atom stereocenters. The van der Waals surface area contributed by atoms with Crippen LogP contribution in [0.25, 0.3) is 0 Å². The van der Waals surface area contributed by atoms with E-state index in [2.05, 4.69) is 10.5 Å². The molecule has 0 spiro atoms. The highest BCUT2D eigenvalue weighted by Crippen LogP contribution is 2.13. The molecule has 3 amide bonds. The van der Waals surface area contributed by atoms with Crippen LogP contribution in [0, 0.1) is 13.8 Å². The second-order valence-electron chi connectivity index (χ2n) is 4.59. The summed E-state index contributed by atoms with van der Waals surface area (Å²) in [6.45, 7) is 2.66. The van der Waals surface area contributed by atoms with Crippen molar-refractivity contribution in [2.75, 3.05) is 6.61 Å². The average molecular weight is 321 g/mol. The van der Waals surface area contributed by atoms with Gasteiger partial charge in [0.2, 0.25) is 0 Å². The zero-order valence-corrected chi connectivity index (χ0v) is 12.5. The molecule has 0 aliphatic carbocycles. The summed E-state index contributed by atoms with van der Waals surface area (Å²) in [5.74, 6) is -0.670. The molecule has 2 aromatic rings. The molecular formula is C14H15N3O6. The van der Waals surface area contributed by atoms with Crippen LogP contribution in [-0.2, 0) is 16.1 Å². The third-order valence-electron chi connectivity index (χ3n) is 2.83. The number of carbonyl (C=O) groups excluding carboxylic acids is 3. The first kappa shape index (κ1) is 16.3. The maximum Gasteiger partial charge on any atom is 0.344 e. The largest absolute Gasteiger partial charge is 0.467 e. The van der Waals surface area contributed by atoms with Crippen molar-refractivity contribution in [1.29, 1.82) is 0 Å². The van der Waals surface area contributed by atoms with Gasteiger partial charge < -0.3 is 19.0 Å². The first-order valence-corrected chi connectivity index (χ1v) is 6.67. The SMILES string of the molecule is Cc1noc(C)c1C(=O)OCC(=O)NC(=O)NCc1ccco1. The monoisotopic (exact) mass is 321 g/mol. The van der Waals surface area contributed by atoms with Crippen LogP contribution in [0.1, 0.15) is 27.6 Å². The molecule has 2 aromatic heterocycles. The van der Waals surface area contributed by atoms with E-state index < -0.39 is 24.5 Å². The summed E-state index contributed by atoms with van der Waals surface area (Å²) in [7, 11) is 0. The zero-order chi connectivity index (χ0) is 16.8. The number of nitrogens with one attached hydrogen (secondary N) is 2. The first-order valence-electron chi connectivity index (χ1n) is 6.67. The van der Waals surface area contributed by atoms with Crippen molar-refractivity contribution in [1.82, 2.24) is 15.8 Å². The quantitative estimate of drug-likeness (QED) is 0.789. The minimum absolute atomic E-state index is 0.130. The van der Waals surface area contributed by atoms with Crippen LogP contribution in [0.15, 0.2) is 27.3 Å². The molecule has 0 aliphatic heterocycles. The zero-order valence-electron chi connectivity index (χ0n) is 12.5. The van der Waals surface area contributed by atoms with Crippen LogP contribution in [-0.4, -0.2) is 29.7 Å². The lowest BCUT2D eigenvalue weighted by molar-refractivity contribution is -0.123. The van der Waals surface area contributed by atoms with Crippen LogP contribution in [0.2, 0.25) is 0 Å². The van der Waals surface area contributed by atoms with Gasteiger partial charge in [-0.1, -0.05) is 5.16 Å². The fourth-order valence-corrected chi connectivity index (χ4v) is 1.77. The number of imide groups is 1. The summed E-state index contributed by atoms with van der Waals surface area (Å²) in [4.78, 5) is 34.8. The Morgan fingerprint density at radius 2 is 2.09 bits per heavy atom. The molecule has 0 atom stereocenters. The number of hydrogen-bond acceptors (Lipinski definition) is 7. The summed E-state index contributed by atoms with van der Waals surface area (Å²) >= 11 is 0. The van der Waals surface area contributed by atoms with E-state index >= 15 is 0 Å². The summed E-state index contributed by atoms with van der Waals surface area (Å²) in [5, 5.41) is 8.06. The highest BCUT2D eigenvalue weighted by atomic mass is 16.5. The van der Waals surface area contributed by atoms with Crippen LogP contribution in [0.4, 0.5) is 4.79 Å². The van der Waals surface area contributed by atoms with Crippen LogP contribution < -0.4 is 10.6 Å². The highest BCUT2D eigenvalue weighted by Gasteiger charge is 2.20. The van der Waals surface area contributed by atoms with E-state index in [1.165, 1.54) is 6.26 Å². The Balaban J connectivity index is 1.74.